The molecule has 4 aromatic rings. The average Bonchev–Trinajstić information content (AvgIpc) is 3.25. The van der Waals surface area contributed by atoms with Crippen LogP contribution in [0.25, 0.3) is 5.76 Å². The molecule has 0 unspecified atom stereocenters. The number of carbonyl (C=O) groups is 2. The van der Waals surface area contributed by atoms with Gasteiger partial charge in [0, 0.05) is 18.7 Å². The number of ketones is 1. The third-order valence-corrected chi connectivity index (χ3v) is 7.13. The van der Waals surface area contributed by atoms with Gasteiger partial charge in [-0.1, -0.05) is 60.2 Å². The van der Waals surface area contributed by atoms with Gasteiger partial charge in [0.15, 0.2) is 0 Å². The van der Waals surface area contributed by atoms with Gasteiger partial charge < -0.3 is 24.4 Å². The number of likely N-dealkylation sites (N-methyl/N-ethyl adjacent to an activating group) is 1. The fourth-order valence-corrected chi connectivity index (χ4v) is 4.85. The number of hydrogen-bond acceptors (Lipinski definition) is 6. The lowest BCUT2D eigenvalue weighted by atomic mass is 9.95. The van der Waals surface area contributed by atoms with Gasteiger partial charge in [0.25, 0.3) is 11.7 Å². The summed E-state index contributed by atoms with van der Waals surface area (Å²) in [6, 6.07) is 30.9. The molecule has 1 N–H and O–H groups in total. The predicted octanol–water partition coefficient (Wildman–Crippen LogP) is 6.35. The highest BCUT2D eigenvalue weighted by molar-refractivity contribution is 6.46. The van der Waals surface area contributed by atoms with E-state index in [1.165, 1.54) is 10.5 Å². The smallest absolute Gasteiger partial charge is 0.295 e. The van der Waals surface area contributed by atoms with Gasteiger partial charge in [0.1, 0.15) is 29.6 Å². The molecule has 0 aromatic heterocycles. The molecule has 1 heterocycles. The minimum absolute atomic E-state index is 0.0453. The highest BCUT2D eigenvalue weighted by atomic mass is 16.5. The second-order valence-electron chi connectivity index (χ2n) is 10.6. The van der Waals surface area contributed by atoms with Gasteiger partial charge in [-0.15, -0.1) is 0 Å². The summed E-state index contributed by atoms with van der Waals surface area (Å²) in [5.74, 6) is 0.264. The van der Waals surface area contributed by atoms with Crippen molar-refractivity contribution in [3.05, 3.63) is 131 Å². The van der Waals surface area contributed by atoms with Gasteiger partial charge in [-0.3, -0.25) is 9.59 Å². The van der Waals surface area contributed by atoms with Crippen molar-refractivity contribution in [3.8, 4) is 17.2 Å². The number of likely N-dealkylation sites (tertiary alicyclic amines) is 1. The van der Waals surface area contributed by atoms with E-state index in [4.69, 9.17) is 9.47 Å². The molecule has 0 bridgehead atoms. The first-order valence-corrected chi connectivity index (χ1v) is 13.8. The van der Waals surface area contributed by atoms with E-state index < -0.39 is 17.7 Å². The van der Waals surface area contributed by atoms with Gasteiger partial charge in [0.05, 0.1) is 11.6 Å². The molecule has 1 amide bonds. The van der Waals surface area contributed by atoms with E-state index in [1.807, 2.05) is 105 Å². The van der Waals surface area contributed by atoms with E-state index >= 15 is 0 Å². The molecule has 1 aliphatic rings. The molecule has 0 saturated carbocycles. The van der Waals surface area contributed by atoms with Crippen molar-refractivity contribution in [2.45, 2.75) is 19.6 Å². The molecule has 0 aliphatic carbocycles. The second kappa shape index (κ2) is 12.7. The van der Waals surface area contributed by atoms with Crippen LogP contribution in [0, 0.1) is 6.92 Å². The van der Waals surface area contributed by atoms with Crippen LogP contribution in [-0.4, -0.2) is 53.8 Å². The number of carbonyl (C=O) groups excluding carboxylic acids is 2. The van der Waals surface area contributed by atoms with Crippen LogP contribution in [0.5, 0.6) is 17.2 Å². The summed E-state index contributed by atoms with van der Waals surface area (Å²) in [5.41, 5.74) is 3.36. The lowest BCUT2D eigenvalue weighted by Gasteiger charge is -2.27. The van der Waals surface area contributed by atoms with Crippen molar-refractivity contribution in [2.75, 3.05) is 27.2 Å². The summed E-state index contributed by atoms with van der Waals surface area (Å²) in [6.45, 7) is 3.31. The number of aryl methyl sites for hydroxylation is 1. The van der Waals surface area contributed by atoms with Gasteiger partial charge in [-0.25, -0.2) is 0 Å². The topological polar surface area (TPSA) is 79.3 Å². The van der Waals surface area contributed by atoms with E-state index in [2.05, 4.69) is 0 Å². The Morgan fingerprint density at radius 1 is 0.833 bits per heavy atom. The molecule has 7 heteroatoms. The Bertz CT molecular complexity index is 1580. The first-order chi connectivity index (χ1) is 20.3. The number of benzene rings is 4. The lowest BCUT2D eigenvalue weighted by Crippen LogP contribution is -2.35. The zero-order chi connectivity index (χ0) is 29.6. The lowest BCUT2D eigenvalue weighted by molar-refractivity contribution is -0.140. The molecule has 0 spiro atoms. The second-order valence-corrected chi connectivity index (χ2v) is 10.6. The third-order valence-electron chi connectivity index (χ3n) is 7.13. The molecule has 7 nitrogen and oxygen atoms in total. The number of rotatable bonds is 10. The van der Waals surface area contributed by atoms with E-state index in [1.54, 1.807) is 24.3 Å². The van der Waals surface area contributed by atoms with E-state index in [0.717, 1.165) is 5.56 Å². The Labute approximate surface area is 246 Å². The van der Waals surface area contributed by atoms with Crippen LogP contribution in [0.2, 0.25) is 0 Å². The Morgan fingerprint density at radius 2 is 1.52 bits per heavy atom. The van der Waals surface area contributed by atoms with Gasteiger partial charge in [-0.2, -0.15) is 0 Å². The van der Waals surface area contributed by atoms with Crippen LogP contribution in [0.3, 0.4) is 0 Å². The Hall–Kier alpha value is -4.88. The van der Waals surface area contributed by atoms with Crippen molar-refractivity contribution < 1.29 is 24.2 Å². The molecular formula is C35H34N2O5. The zero-order valence-corrected chi connectivity index (χ0v) is 24.0. The highest BCUT2D eigenvalue weighted by Crippen LogP contribution is 2.40. The number of hydrogen-bond donors (Lipinski definition) is 1. The molecule has 214 valence electrons. The van der Waals surface area contributed by atoms with Crippen LogP contribution in [0.15, 0.2) is 109 Å². The maximum absolute atomic E-state index is 13.4. The highest BCUT2D eigenvalue weighted by Gasteiger charge is 2.46. The van der Waals surface area contributed by atoms with Gasteiger partial charge in [0.2, 0.25) is 0 Å². The Morgan fingerprint density at radius 3 is 2.21 bits per heavy atom. The van der Waals surface area contributed by atoms with Gasteiger partial charge in [-0.05, 0) is 80.7 Å². The normalized spacial score (nSPS) is 16.2. The predicted molar refractivity (Wildman–Crippen MR) is 162 cm³/mol. The number of para-hydroxylation sites is 1. The molecule has 1 saturated heterocycles. The fourth-order valence-electron chi connectivity index (χ4n) is 4.85. The fraction of sp³-hybridized carbons (Fsp3) is 0.200. The molecule has 5 rings (SSSR count). The van der Waals surface area contributed by atoms with Crippen molar-refractivity contribution >= 4 is 17.4 Å². The van der Waals surface area contributed by atoms with E-state index in [-0.39, 0.29) is 11.3 Å². The van der Waals surface area contributed by atoms with Crippen molar-refractivity contribution in [1.82, 2.24) is 9.80 Å². The third kappa shape index (κ3) is 6.53. The van der Waals surface area contributed by atoms with Crippen LogP contribution in [-0.2, 0) is 16.2 Å². The quantitative estimate of drug-likeness (QED) is 0.138. The minimum atomic E-state index is -0.776. The number of aliphatic hydroxyl groups excluding tert-OH is 1. The van der Waals surface area contributed by atoms with Crippen LogP contribution in [0.4, 0.5) is 0 Å². The standard InChI is InChI=1S/C35H34N2O5/c1-24-12-14-25(15-13-24)23-41-28-18-16-26(17-19-28)33(38)31-32(37(21-20-36(2)3)35(40)34(31)39)27-8-7-11-30(22-27)42-29-9-5-4-6-10-29/h4-19,22,32,38H,20-21,23H2,1-3H3/t32-/m0/s1. The molecule has 1 atom stereocenters. The van der Waals surface area contributed by atoms with Crippen LogP contribution in [0.1, 0.15) is 28.3 Å². The number of ether oxygens (including phenoxy) is 2. The van der Waals surface area contributed by atoms with Crippen LogP contribution >= 0.6 is 0 Å². The van der Waals surface area contributed by atoms with Crippen molar-refractivity contribution in [3.63, 3.8) is 0 Å². The Kier molecular flexibility index (Phi) is 8.69. The number of amides is 1. The minimum Gasteiger partial charge on any atom is -0.507 e. The summed E-state index contributed by atoms with van der Waals surface area (Å²) in [4.78, 5) is 30.2. The van der Waals surface area contributed by atoms with Crippen molar-refractivity contribution in [1.29, 1.82) is 0 Å². The molecule has 0 radical (unpaired) electrons. The molecule has 1 aliphatic heterocycles. The summed E-state index contributed by atoms with van der Waals surface area (Å²) >= 11 is 0. The summed E-state index contributed by atoms with van der Waals surface area (Å²) in [7, 11) is 3.81. The molecule has 1 fully saturated rings. The summed E-state index contributed by atoms with van der Waals surface area (Å²) < 4.78 is 11.9. The van der Waals surface area contributed by atoms with E-state index in [9.17, 15) is 14.7 Å². The zero-order valence-electron chi connectivity index (χ0n) is 24.0. The van der Waals surface area contributed by atoms with Crippen molar-refractivity contribution in [2.24, 2.45) is 0 Å². The first-order valence-electron chi connectivity index (χ1n) is 13.8. The first kappa shape index (κ1) is 28.6. The van der Waals surface area contributed by atoms with E-state index in [0.29, 0.717) is 48.1 Å². The number of Topliss-reactive ketones (excluding diaryl/α,β-unsaturated/α-hetero) is 1. The Balaban J connectivity index is 1.46. The maximum Gasteiger partial charge on any atom is 0.295 e. The van der Waals surface area contributed by atoms with Crippen LogP contribution < -0.4 is 9.47 Å². The molecule has 4 aromatic carbocycles. The number of nitrogens with zero attached hydrogens (tertiary/aromatic N) is 2. The monoisotopic (exact) mass is 562 g/mol. The average molecular weight is 563 g/mol. The summed E-state index contributed by atoms with van der Waals surface area (Å²) in [5, 5.41) is 11.5. The van der Waals surface area contributed by atoms with Gasteiger partial charge >= 0.3 is 0 Å². The molecular weight excluding hydrogens is 528 g/mol. The molecule has 42 heavy (non-hydrogen) atoms. The SMILES string of the molecule is Cc1ccc(COc2ccc(C(O)=C3C(=O)C(=O)N(CCN(C)C)[C@H]3c3cccc(Oc4ccccc4)c3)cc2)cc1. The summed E-state index contributed by atoms with van der Waals surface area (Å²) in [6.07, 6.45) is 0. The largest absolute Gasteiger partial charge is 0.507 e. The maximum atomic E-state index is 13.4. The number of aliphatic hydroxyl groups is 1.